The summed E-state index contributed by atoms with van der Waals surface area (Å²) in [6.07, 6.45) is -0.701. The molecule has 0 spiro atoms. The molecule has 0 bridgehead atoms. The molecule has 158 valence electrons. The number of ether oxygens (including phenoxy) is 4. The molecule has 2 aliphatic heterocycles. The van der Waals surface area contributed by atoms with Gasteiger partial charge in [-0.2, -0.15) is 0 Å². The third kappa shape index (κ3) is 3.63. The largest absolute Gasteiger partial charge is 0.497 e. The van der Waals surface area contributed by atoms with Gasteiger partial charge >= 0.3 is 0 Å². The van der Waals surface area contributed by atoms with Crippen LogP contribution in [0.1, 0.15) is 17.2 Å². The first-order valence-corrected chi connectivity index (χ1v) is 9.87. The van der Waals surface area contributed by atoms with Crippen LogP contribution in [0.15, 0.2) is 66.7 Å². The Labute approximate surface area is 178 Å². The van der Waals surface area contributed by atoms with Gasteiger partial charge in [0.15, 0.2) is 11.5 Å². The number of carbonyl (C=O) groups is 1. The van der Waals surface area contributed by atoms with Crippen LogP contribution in [-0.2, 0) is 11.3 Å². The van der Waals surface area contributed by atoms with Crippen LogP contribution >= 0.6 is 0 Å². The van der Waals surface area contributed by atoms with E-state index in [-0.39, 0.29) is 24.6 Å². The normalized spacial score (nSPS) is 19.2. The summed E-state index contributed by atoms with van der Waals surface area (Å²) in [7, 11) is 1.59. The maximum atomic E-state index is 13.5. The smallest absolute Gasteiger partial charge is 0.267 e. The van der Waals surface area contributed by atoms with E-state index in [1.807, 2.05) is 18.2 Å². The zero-order chi connectivity index (χ0) is 21.4. The van der Waals surface area contributed by atoms with Crippen LogP contribution in [0.2, 0.25) is 0 Å². The van der Waals surface area contributed by atoms with Gasteiger partial charge in [0.05, 0.1) is 7.11 Å². The molecule has 7 heteroatoms. The lowest BCUT2D eigenvalue weighted by Gasteiger charge is -2.46. The second-order valence-electron chi connectivity index (χ2n) is 7.36. The SMILES string of the molecule is COc1ccc(O[C@H]2C(=O)N(Cc3ccc4c(c3)OCO4)[C@H]2c2ccc(F)cc2)cc1. The summed E-state index contributed by atoms with van der Waals surface area (Å²) < 4.78 is 35.5. The molecule has 2 atom stereocenters. The van der Waals surface area contributed by atoms with Crippen LogP contribution < -0.4 is 18.9 Å². The molecule has 0 aromatic heterocycles. The number of benzene rings is 3. The zero-order valence-corrected chi connectivity index (χ0v) is 16.8. The van der Waals surface area contributed by atoms with Crippen molar-refractivity contribution in [3.05, 3.63) is 83.7 Å². The van der Waals surface area contributed by atoms with E-state index in [1.165, 1.54) is 12.1 Å². The Morgan fingerprint density at radius 3 is 2.42 bits per heavy atom. The first-order valence-electron chi connectivity index (χ1n) is 9.87. The molecular weight excluding hydrogens is 401 g/mol. The van der Waals surface area contributed by atoms with Crippen molar-refractivity contribution in [3.63, 3.8) is 0 Å². The van der Waals surface area contributed by atoms with Gasteiger partial charge in [-0.3, -0.25) is 4.79 Å². The number of hydrogen-bond donors (Lipinski definition) is 0. The number of fused-ring (bicyclic) bond motifs is 1. The van der Waals surface area contributed by atoms with E-state index in [0.717, 1.165) is 11.1 Å². The van der Waals surface area contributed by atoms with Crippen molar-refractivity contribution in [2.75, 3.05) is 13.9 Å². The van der Waals surface area contributed by atoms with Crippen LogP contribution in [-0.4, -0.2) is 30.8 Å². The predicted octanol–water partition coefficient (Wildman–Crippen LogP) is 4.09. The Bertz CT molecular complexity index is 1100. The lowest BCUT2D eigenvalue weighted by Crippen LogP contribution is -2.60. The van der Waals surface area contributed by atoms with Gasteiger partial charge in [-0.1, -0.05) is 18.2 Å². The van der Waals surface area contributed by atoms with Gasteiger partial charge in [0, 0.05) is 6.54 Å². The highest BCUT2D eigenvalue weighted by Crippen LogP contribution is 2.40. The standard InChI is InChI=1S/C24H20FNO5/c1-28-18-7-9-19(10-8-18)31-23-22(16-3-5-17(25)6-4-16)26(24(23)27)13-15-2-11-20-21(12-15)30-14-29-20/h2-12,22-23H,13-14H2,1H3/t22-,23+/m0/s1. The molecule has 1 fully saturated rings. The molecule has 2 heterocycles. The van der Waals surface area contributed by atoms with E-state index in [9.17, 15) is 9.18 Å². The quantitative estimate of drug-likeness (QED) is 0.561. The predicted molar refractivity (Wildman–Crippen MR) is 110 cm³/mol. The summed E-state index contributed by atoms with van der Waals surface area (Å²) in [5.74, 6) is 2.15. The number of halogens is 1. The van der Waals surface area contributed by atoms with Crippen LogP contribution in [0, 0.1) is 5.82 Å². The van der Waals surface area contributed by atoms with Gasteiger partial charge in [-0.15, -0.1) is 0 Å². The number of methoxy groups -OCH3 is 1. The van der Waals surface area contributed by atoms with Crippen LogP contribution in [0.5, 0.6) is 23.0 Å². The minimum Gasteiger partial charge on any atom is -0.497 e. The van der Waals surface area contributed by atoms with E-state index in [1.54, 1.807) is 48.4 Å². The van der Waals surface area contributed by atoms with Gasteiger partial charge in [0.2, 0.25) is 12.9 Å². The fourth-order valence-electron chi connectivity index (χ4n) is 3.86. The van der Waals surface area contributed by atoms with Crippen molar-refractivity contribution in [1.82, 2.24) is 4.90 Å². The molecule has 0 radical (unpaired) electrons. The Morgan fingerprint density at radius 1 is 0.968 bits per heavy atom. The first kappa shape index (κ1) is 19.2. The van der Waals surface area contributed by atoms with Gasteiger partial charge in [-0.05, 0) is 59.7 Å². The third-order valence-corrected chi connectivity index (χ3v) is 5.47. The van der Waals surface area contributed by atoms with Crippen molar-refractivity contribution < 1.29 is 28.1 Å². The number of hydrogen-bond acceptors (Lipinski definition) is 5. The average Bonchev–Trinajstić information content (AvgIpc) is 3.27. The van der Waals surface area contributed by atoms with Crippen molar-refractivity contribution in [3.8, 4) is 23.0 Å². The van der Waals surface area contributed by atoms with Crippen molar-refractivity contribution in [2.45, 2.75) is 18.7 Å². The highest BCUT2D eigenvalue weighted by molar-refractivity contribution is 5.89. The fraction of sp³-hybridized carbons (Fsp3) is 0.208. The summed E-state index contributed by atoms with van der Waals surface area (Å²) in [6, 6.07) is 18.5. The number of carbonyl (C=O) groups excluding carboxylic acids is 1. The summed E-state index contributed by atoms with van der Waals surface area (Å²) in [5.41, 5.74) is 1.72. The van der Waals surface area contributed by atoms with Crippen LogP contribution in [0.25, 0.3) is 0 Å². The van der Waals surface area contributed by atoms with Gasteiger partial charge in [-0.25, -0.2) is 4.39 Å². The second-order valence-corrected chi connectivity index (χ2v) is 7.36. The molecule has 3 aromatic carbocycles. The van der Waals surface area contributed by atoms with E-state index in [2.05, 4.69) is 0 Å². The minimum absolute atomic E-state index is 0.136. The summed E-state index contributed by atoms with van der Waals surface area (Å²) in [6.45, 7) is 0.567. The lowest BCUT2D eigenvalue weighted by molar-refractivity contribution is -0.165. The van der Waals surface area contributed by atoms with Crippen LogP contribution in [0.4, 0.5) is 4.39 Å². The first-order chi connectivity index (χ1) is 15.1. The average molecular weight is 421 g/mol. The molecule has 2 aliphatic rings. The third-order valence-electron chi connectivity index (χ3n) is 5.47. The van der Waals surface area contributed by atoms with E-state index < -0.39 is 6.10 Å². The van der Waals surface area contributed by atoms with E-state index in [4.69, 9.17) is 18.9 Å². The van der Waals surface area contributed by atoms with Gasteiger partial charge < -0.3 is 23.8 Å². The molecule has 0 unspecified atom stereocenters. The van der Waals surface area contributed by atoms with Crippen molar-refractivity contribution in [1.29, 1.82) is 0 Å². The van der Waals surface area contributed by atoms with Crippen LogP contribution in [0.3, 0.4) is 0 Å². The number of nitrogens with zero attached hydrogens (tertiary/aromatic N) is 1. The maximum absolute atomic E-state index is 13.5. The molecule has 0 saturated carbocycles. The van der Waals surface area contributed by atoms with E-state index in [0.29, 0.717) is 29.5 Å². The maximum Gasteiger partial charge on any atom is 0.267 e. The number of β-lactam (4-membered cyclic amide) rings is 1. The number of rotatable bonds is 6. The molecule has 0 N–H and O–H groups in total. The summed E-state index contributed by atoms with van der Waals surface area (Å²) in [5, 5.41) is 0. The monoisotopic (exact) mass is 421 g/mol. The van der Waals surface area contributed by atoms with Crippen molar-refractivity contribution in [2.24, 2.45) is 0 Å². The minimum atomic E-state index is -0.701. The molecule has 0 aliphatic carbocycles. The Hall–Kier alpha value is -3.74. The highest BCUT2D eigenvalue weighted by atomic mass is 19.1. The topological polar surface area (TPSA) is 57.2 Å². The Kier molecular flexibility index (Phi) is 4.86. The molecular formula is C24H20FNO5. The molecule has 6 nitrogen and oxygen atoms in total. The molecule has 1 saturated heterocycles. The molecule has 3 aromatic rings. The molecule has 5 rings (SSSR count). The highest BCUT2D eigenvalue weighted by Gasteiger charge is 2.50. The Morgan fingerprint density at radius 2 is 1.68 bits per heavy atom. The number of amides is 1. The number of likely N-dealkylation sites (tertiary alicyclic amines) is 1. The van der Waals surface area contributed by atoms with Gasteiger partial charge in [0.1, 0.15) is 23.4 Å². The molecule has 31 heavy (non-hydrogen) atoms. The van der Waals surface area contributed by atoms with E-state index >= 15 is 0 Å². The second kappa shape index (κ2) is 7.83. The van der Waals surface area contributed by atoms with Gasteiger partial charge in [0.25, 0.3) is 5.91 Å². The Balaban J connectivity index is 1.40. The summed E-state index contributed by atoms with van der Waals surface area (Å²) >= 11 is 0. The zero-order valence-electron chi connectivity index (χ0n) is 16.8. The molecule has 1 amide bonds. The lowest BCUT2D eigenvalue weighted by atomic mass is 9.89. The summed E-state index contributed by atoms with van der Waals surface area (Å²) in [4.78, 5) is 14.7. The van der Waals surface area contributed by atoms with Crippen molar-refractivity contribution >= 4 is 5.91 Å². The fourth-order valence-corrected chi connectivity index (χ4v) is 3.86.